The van der Waals surface area contributed by atoms with Crippen LogP contribution < -0.4 is 11.2 Å². The molecule has 28 heavy (non-hydrogen) atoms. The van der Waals surface area contributed by atoms with E-state index in [1.54, 1.807) is 4.98 Å². The molecule has 0 amide bonds. The molecule has 2 aliphatic heterocycles. The summed E-state index contributed by atoms with van der Waals surface area (Å²) in [5.41, 5.74) is -2.10. The fourth-order valence-corrected chi connectivity index (χ4v) is 3.11. The molecule has 2 fully saturated rings. The molecule has 8 atom stereocenters. The molecule has 3 heterocycles. The van der Waals surface area contributed by atoms with Crippen LogP contribution in [0.15, 0.2) is 15.8 Å². The first-order valence-corrected chi connectivity index (χ1v) is 8.49. The number of aliphatic hydroxyl groups excluding tert-OH is 5. The molecular weight excluding hydrogens is 387 g/mol. The maximum atomic E-state index is 13.4. The van der Waals surface area contributed by atoms with Crippen LogP contribution in [0.1, 0.15) is 12.6 Å². The number of rotatable bonds is 5. The molecule has 2 saturated heterocycles. The Kier molecular flexibility index (Phi) is 6.26. The molecule has 1 aromatic heterocycles. The Morgan fingerprint density at radius 1 is 1.14 bits per heavy atom. The highest BCUT2D eigenvalue weighted by Crippen LogP contribution is 2.29. The predicted octanol–water partition coefficient (Wildman–Crippen LogP) is -3.86. The summed E-state index contributed by atoms with van der Waals surface area (Å²) in [7, 11) is 0. The van der Waals surface area contributed by atoms with E-state index in [0.29, 0.717) is 6.20 Å². The quantitative estimate of drug-likeness (QED) is 0.282. The first kappa shape index (κ1) is 21.0. The lowest BCUT2D eigenvalue weighted by atomic mass is 9.99. The number of nitrogens with zero attached hydrogens (tertiary/aromatic N) is 1. The SMILES string of the molecule is O=c1[nH]c(=O)n([C@H]2C[C@H](O)[C@@H](CO[C@@H]3O[C@H](CO)[C@H](O)[C@H](O)[C@H]3O)O2)cc1F. The number of nitrogens with one attached hydrogen (secondary N) is 1. The molecule has 1 aromatic rings. The van der Waals surface area contributed by atoms with Crippen molar-refractivity contribution in [3.8, 4) is 0 Å². The van der Waals surface area contributed by atoms with Crippen molar-refractivity contribution < 1.29 is 44.1 Å². The third-order valence-corrected chi connectivity index (χ3v) is 4.71. The standard InChI is InChI=1S/C15H21FN2O10/c16-5-2-18(15(25)17-13(5)24)9-1-6(20)8(27-9)4-26-14-12(23)11(22)10(21)7(3-19)28-14/h2,6-12,14,19-23H,1,3-4H2,(H,17,24,25)/t6-,7+,8+,9+,10-,11-,12+,14+/m0/s1. The van der Waals surface area contributed by atoms with Gasteiger partial charge in [-0.15, -0.1) is 0 Å². The van der Waals surface area contributed by atoms with Gasteiger partial charge in [0.15, 0.2) is 6.29 Å². The molecule has 0 spiro atoms. The first-order valence-electron chi connectivity index (χ1n) is 8.49. The van der Waals surface area contributed by atoms with Gasteiger partial charge in [0.2, 0.25) is 5.82 Å². The second-order valence-corrected chi connectivity index (χ2v) is 6.61. The van der Waals surface area contributed by atoms with Gasteiger partial charge in [-0.1, -0.05) is 0 Å². The lowest BCUT2D eigenvalue weighted by molar-refractivity contribution is -0.306. The summed E-state index contributed by atoms with van der Waals surface area (Å²) in [6, 6.07) is 0. The third kappa shape index (κ3) is 4.01. The minimum absolute atomic E-state index is 0.103. The number of H-pyrrole nitrogens is 1. The summed E-state index contributed by atoms with van der Waals surface area (Å²) < 4.78 is 30.1. The van der Waals surface area contributed by atoms with Gasteiger partial charge in [-0.25, -0.2) is 4.79 Å². The molecule has 0 aromatic carbocycles. The van der Waals surface area contributed by atoms with Gasteiger partial charge >= 0.3 is 5.69 Å². The van der Waals surface area contributed by atoms with Gasteiger partial charge in [0.25, 0.3) is 5.56 Å². The number of halogens is 1. The average Bonchev–Trinajstić information content (AvgIpc) is 3.02. The van der Waals surface area contributed by atoms with Crippen LogP contribution in [0, 0.1) is 5.82 Å². The fourth-order valence-electron chi connectivity index (χ4n) is 3.11. The van der Waals surface area contributed by atoms with E-state index in [1.165, 1.54) is 0 Å². The number of aromatic nitrogens is 2. The molecule has 13 heteroatoms. The Balaban J connectivity index is 1.64. The molecule has 0 aliphatic carbocycles. The van der Waals surface area contributed by atoms with E-state index in [4.69, 9.17) is 19.3 Å². The summed E-state index contributed by atoms with van der Waals surface area (Å²) >= 11 is 0. The average molecular weight is 408 g/mol. The summed E-state index contributed by atoms with van der Waals surface area (Å²) in [6.45, 7) is -0.975. The highest BCUT2D eigenvalue weighted by Gasteiger charge is 2.45. The van der Waals surface area contributed by atoms with Crippen molar-refractivity contribution in [2.75, 3.05) is 13.2 Å². The Hall–Kier alpha value is -1.71. The second kappa shape index (κ2) is 8.34. The van der Waals surface area contributed by atoms with E-state index in [2.05, 4.69) is 0 Å². The van der Waals surface area contributed by atoms with Crippen molar-refractivity contribution in [2.45, 2.75) is 55.6 Å². The number of hydrogen-bond acceptors (Lipinski definition) is 10. The molecule has 2 aliphatic rings. The largest absolute Gasteiger partial charge is 0.394 e. The molecule has 0 saturated carbocycles. The monoisotopic (exact) mass is 408 g/mol. The second-order valence-electron chi connectivity index (χ2n) is 6.61. The van der Waals surface area contributed by atoms with Gasteiger partial charge in [-0.3, -0.25) is 14.3 Å². The van der Waals surface area contributed by atoms with E-state index < -0.39 is 72.8 Å². The van der Waals surface area contributed by atoms with Crippen molar-refractivity contribution >= 4 is 0 Å². The van der Waals surface area contributed by atoms with Crippen molar-refractivity contribution in [3.63, 3.8) is 0 Å². The Bertz CT molecular complexity index is 798. The third-order valence-electron chi connectivity index (χ3n) is 4.71. The van der Waals surface area contributed by atoms with Gasteiger partial charge < -0.3 is 39.7 Å². The number of aromatic amines is 1. The van der Waals surface area contributed by atoms with Crippen LogP contribution >= 0.6 is 0 Å². The first-order chi connectivity index (χ1) is 13.2. The van der Waals surface area contributed by atoms with Crippen LogP contribution in [0.2, 0.25) is 0 Å². The zero-order valence-electron chi connectivity index (χ0n) is 14.4. The minimum atomic E-state index is -1.62. The zero-order valence-corrected chi connectivity index (χ0v) is 14.4. The molecule has 0 bridgehead atoms. The Labute approximate surface area is 156 Å². The molecule has 6 N–H and O–H groups in total. The summed E-state index contributed by atoms with van der Waals surface area (Å²) in [5, 5.41) is 48.6. The summed E-state index contributed by atoms with van der Waals surface area (Å²) in [6.07, 6.45) is -10.0. The van der Waals surface area contributed by atoms with Crippen molar-refractivity contribution in [2.24, 2.45) is 0 Å². The topological polar surface area (TPSA) is 184 Å². The van der Waals surface area contributed by atoms with Crippen LogP contribution in [0.4, 0.5) is 4.39 Å². The minimum Gasteiger partial charge on any atom is -0.394 e. The molecule has 0 unspecified atom stereocenters. The van der Waals surface area contributed by atoms with Gasteiger partial charge in [-0.05, 0) is 0 Å². The lowest BCUT2D eigenvalue weighted by Gasteiger charge is -2.39. The lowest BCUT2D eigenvalue weighted by Crippen LogP contribution is -2.59. The van der Waals surface area contributed by atoms with Gasteiger partial charge in [0, 0.05) is 6.42 Å². The van der Waals surface area contributed by atoms with E-state index in [9.17, 15) is 34.4 Å². The smallest absolute Gasteiger partial charge is 0.330 e. The van der Waals surface area contributed by atoms with E-state index >= 15 is 0 Å². The van der Waals surface area contributed by atoms with Crippen molar-refractivity contribution in [1.82, 2.24) is 9.55 Å². The van der Waals surface area contributed by atoms with E-state index in [0.717, 1.165) is 4.57 Å². The maximum absolute atomic E-state index is 13.4. The molecule has 0 radical (unpaired) electrons. The molecule has 158 valence electrons. The van der Waals surface area contributed by atoms with E-state index in [-0.39, 0.29) is 13.0 Å². The van der Waals surface area contributed by atoms with Crippen LogP contribution in [-0.2, 0) is 14.2 Å². The van der Waals surface area contributed by atoms with Crippen LogP contribution in [0.5, 0.6) is 0 Å². The van der Waals surface area contributed by atoms with Crippen LogP contribution in [-0.4, -0.2) is 91.2 Å². The fraction of sp³-hybridized carbons (Fsp3) is 0.733. The van der Waals surface area contributed by atoms with E-state index in [1.807, 2.05) is 0 Å². The number of hydrogen-bond donors (Lipinski definition) is 6. The van der Waals surface area contributed by atoms with Crippen LogP contribution in [0.25, 0.3) is 0 Å². The highest BCUT2D eigenvalue weighted by molar-refractivity contribution is 4.92. The number of ether oxygens (including phenoxy) is 3. The van der Waals surface area contributed by atoms with Crippen LogP contribution in [0.3, 0.4) is 0 Å². The molecule has 12 nitrogen and oxygen atoms in total. The predicted molar refractivity (Wildman–Crippen MR) is 85.5 cm³/mol. The molecule has 3 rings (SSSR count). The van der Waals surface area contributed by atoms with Crippen molar-refractivity contribution in [3.05, 3.63) is 32.9 Å². The van der Waals surface area contributed by atoms with Gasteiger partial charge in [0.1, 0.15) is 36.7 Å². The van der Waals surface area contributed by atoms with Crippen molar-refractivity contribution in [1.29, 1.82) is 0 Å². The molecular formula is C15H21FN2O10. The van der Waals surface area contributed by atoms with Gasteiger partial charge in [0.05, 0.1) is 25.5 Å². The maximum Gasteiger partial charge on any atom is 0.330 e. The summed E-state index contributed by atoms with van der Waals surface area (Å²) in [4.78, 5) is 24.7. The number of aliphatic hydroxyl groups is 5. The highest BCUT2D eigenvalue weighted by atomic mass is 19.1. The Morgan fingerprint density at radius 2 is 1.86 bits per heavy atom. The zero-order chi connectivity index (χ0) is 20.6. The normalized spacial score (nSPS) is 38.6. The summed E-state index contributed by atoms with van der Waals surface area (Å²) in [5.74, 6) is -1.20. The Morgan fingerprint density at radius 3 is 2.54 bits per heavy atom. The van der Waals surface area contributed by atoms with Gasteiger partial charge in [-0.2, -0.15) is 4.39 Å².